The lowest BCUT2D eigenvalue weighted by Gasteiger charge is -2.02. The Morgan fingerprint density at radius 1 is 1.47 bits per heavy atom. The van der Waals surface area contributed by atoms with Gasteiger partial charge in [0.05, 0.1) is 4.92 Å². The van der Waals surface area contributed by atoms with E-state index in [1.165, 1.54) is 6.07 Å². The monoisotopic (exact) mass is 206 g/mol. The van der Waals surface area contributed by atoms with Crippen LogP contribution in [0.5, 0.6) is 0 Å². The van der Waals surface area contributed by atoms with Gasteiger partial charge in [-0.15, -0.1) is 0 Å². The second-order valence-corrected chi connectivity index (χ2v) is 4.68. The number of hydrogen-bond donors (Lipinski definition) is 1. The summed E-state index contributed by atoms with van der Waals surface area (Å²) in [6.45, 7) is 4.17. The zero-order valence-electron chi connectivity index (χ0n) is 8.81. The maximum absolute atomic E-state index is 10.6. The summed E-state index contributed by atoms with van der Waals surface area (Å²) in [5.41, 5.74) is 7.11. The molecule has 2 N–H and O–H groups in total. The van der Waals surface area contributed by atoms with Crippen molar-refractivity contribution in [2.75, 3.05) is 0 Å². The van der Waals surface area contributed by atoms with Gasteiger partial charge in [0.25, 0.3) is 5.69 Å². The van der Waals surface area contributed by atoms with Gasteiger partial charge in [-0.05, 0) is 11.0 Å². The molecule has 1 aliphatic carbocycles. The van der Waals surface area contributed by atoms with Crippen molar-refractivity contribution in [2.24, 2.45) is 11.1 Å². The van der Waals surface area contributed by atoms with E-state index in [0.717, 1.165) is 5.56 Å². The Kier molecular flexibility index (Phi) is 2.04. The van der Waals surface area contributed by atoms with Gasteiger partial charge in [0.2, 0.25) is 0 Å². The Morgan fingerprint density at radius 2 is 2.07 bits per heavy atom. The van der Waals surface area contributed by atoms with Gasteiger partial charge < -0.3 is 5.73 Å². The van der Waals surface area contributed by atoms with Crippen molar-refractivity contribution in [3.05, 3.63) is 39.9 Å². The lowest BCUT2D eigenvalue weighted by atomic mass is 10.0. The van der Waals surface area contributed by atoms with Gasteiger partial charge in [0.15, 0.2) is 0 Å². The van der Waals surface area contributed by atoms with Crippen LogP contribution in [0.1, 0.15) is 25.3 Å². The van der Waals surface area contributed by atoms with Gasteiger partial charge in [-0.2, -0.15) is 0 Å². The molecule has 2 rings (SSSR count). The first-order valence-electron chi connectivity index (χ1n) is 4.94. The first kappa shape index (κ1) is 10.1. The Balaban J connectivity index is 2.32. The smallest absolute Gasteiger partial charge is 0.269 e. The third-order valence-electron chi connectivity index (χ3n) is 3.35. The van der Waals surface area contributed by atoms with Crippen LogP contribution < -0.4 is 5.73 Å². The molecule has 1 aromatic rings. The van der Waals surface area contributed by atoms with Crippen molar-refractivity contribution in [1.82, 2.24) is 0 Å². The summed E-state index contributed by atoms with van der Waals surface area (Å²) < 4.78 is 0. The molecule has 0 bridgehead atoms. The van der Waals surface area contributed by atoms with Crippen molar-refractivity contribution in [1.29, 1.82) is 0 Å². The number of rotatable bonds is 2. The Hall–Kier alpha value is -1.42. The Labute approximate surface area is 88.2 Å². The van der Waals surface area contributed by atoms with Crippen molar-refractivity contribution in [3.63, 3.8) is 0 Å². The van der Waals surface area contributed by atoms with Gasteiger partial charge in [0.1, 0.15) is 0 Å². The summed E-state index contributed by atoms with van der Waals surface area (Å²) in [5.74, 6) is 0.248. The molecule has 0 saturated heterocycles. The summed E-state index contributed by atoms with van der Waals surface area (Å²) in [6, 6.07) is 6.87. The van der Waals surface area contributed by atoms with E-state index in [-0.39, 0.29) is 28.0 Å². The van der Waals surface area contributed by atoms with E-state index in [4.69, 9.17) is 5.73 Å². The summed E-state index contributed by atoms with van der Waals surface area (Å²) in [5, 5.41) is 10.6. The van der Waals surface area contributed by atoms with Crippen LogP contribution in [0.15, 0.2) is 24.3 Å². The van der Waals surface area contributed by atoms with E-state index >= 15 is 0 Å². The highest BCUT2D eigenvalue weighted by atomic mass is 16.6. The standard InChI is InChI=1S/C11H14N2O2/c1-11(2)9(10(11)12)7-4-3-5-8(6-7)13(14)15/h3-6,9-10H,12H2,1-2H3/t9-,10-/m1/s1. The molecule has 80 valence electrons. The Morgan fingerprint density at radius 3 is 2.53 bits per heavy atom. The molecule has 0 heterocycles. The quantitative estimate of drug-likeness (QED) is 0.594. The highest BCUT2D eigenvalue weighted by molar-refractivity contribution is 5.41. The van der Waals surface area contributed by atoms with Crippen LogP contribution in [-0.4, -0.2) is 11.0 Å². The molecule has 1 aliphatic rings. The second kappa shape index (κ2) is 3.03. The minimum atomic E-state index is -0.371. The van der Waals surface area contributed by atoms with Gasteiger partial charge >= 0.3 is 0 Å². The summed E-state index contributed by atoms with van der Waals surface area (Å²) in [4.78, 5) is 10.2. The zero-order chi connectivity index (χ0) is 11.2. The number of non-ortho nitro benzene ring substituents is 1. The lowest BCUT2D eigenvalue weighted by Crippen LogP contribution is -2.06. The van der Waals surface area contributed by atoms with Crippen molar-refractivity contribution in [2.45, 2.75) is 25.8 Å². The number of nitrogens with two attached hydrogens (primary N) is 1. The van der Waals surface area contributed by atoms with Crippen molar-refractivity contribution >= 4 is 5.69 Å². The van der Waals surface area contributed by atoms with E-state index < -0.39 is 0 Å². The third-order valence-corrected chi connectivity index (χ3v) is 3.35. The predicted molar refractivity (Wildman–Crippen MR) is 57.6 cm³/mol. The molecule has 15 heavy (non-hydrogen) atoms. The van der Waals surface area contributed by atoms with Crippen LogP contribution in [0, 0.1) is 15.5 Å². The fourth-order valence-electron chi connectivity index (χ4n) is 2.15. The molecule has 1 aromatic carbocycles. The number of hydrogen-bond acceptors (Lipinski definition) is 3. The molecule has 0 spiro atoms. The maximum atomic E-state index is 10.6. The van der Waals surface area contributed by atoms with E-state index in [1.54, 1.807) is 12.1 Å². The zero-order valence-corrected chi connectivity index (χ0v) is 8.81. The average molecular weight is 206 g/mol. The van der Waals surface area contributed by atoms with E-state index in [2.05, 4.69) is 13.8 Å². The van der Waals surface area contributed by atoms with Gasteiger partial charge in [0, 0.05) is 24.1 Å². The number of benzene rings is 1. The normalized spacial score (nSPS) is 27.4. The molecule has 4 nitrogen and oxygen atoms in total. The van der Waals surface area contributed by atoms with E-state index in [9.17, 15) is 10.1 Å². The lowest BCUT2D eigenvalue weighted by molar-refractivity contribution is -0.384. The maximum Gasteiger partial charge on any atom is 0.269 e. The molecule has 1 saturated carbocycles. The van der Waals surface area contributed by atoms with Crippen LogP contribution in [0.4, 0.5) is 5.69 Å². The van der Waals surface area contributed by atoms with Crippen molar-refractivity contribution < 1.29 is 4.92 Å². The number of nitro benzene ring substituents is 1. The highest BCUT2D eigenvalue weighted by Gasteiger charge is 2.56. The molecule has 0 unspecified atom stereocenters. The van der Waals surface area contributed by atoms with Gasteiger partial charge in [-0.3, -0.25) is 10.1 Å². The molecule has 2 atom stereocenters. The van der Waals surface area contributed by atoms with E-state index in [1.807, 2.05) is 6.07 Å². The first-order valence-corrected chi connectivity index (χ1v) is 4.94. The molecular weight excluding hydrogens is 192 g/mol. The third kappa shape index (κ3) is 1.51. The summed E-state index contributed by atoms with van der Waals surface area (Å²) in [7, 11) is 0. The topological polar surface area (TPSA) is 69.2 Å². The van der Waals surface area contributed by atoms with Gasteiger partial charge in [-0.25, -0.2) is 0 Å². The predicted octanol–water partition coefficient (Wildman–Crippen LogP) is 2.05. The Bertz CT molecular complexity index is 415. The van der Waals surface area contributed by atoms with Crippen LogP contribution in [-0.2, 0) is 0 Å². The first-order chi connectivity index (χ1) is 6.94. The largest absolute Gasteiger partial charge is 0.327 e. The SMILES string of the molecule is CC1(C)[C@H](N)[C@H]1c1cccc([N+](=O)[O-])c1. The van der Waals surface area contributed by atoms with E-state index in [0.29, 0.717) is 0 Å². The van der Waals surface area contributed by atoms with Gasteiger partial charge in [-0.1, -0.05) is 26.0 Å². The summed E-state index contributed by atoms with van der Waals surface area (Å²) in [6.07, 6.45) is 0. The number of nitrogens with zero attached hydrogens (tertiary/aromatic N) is 1. The van der Waals surface area contributed by atoms with Crippen molar-refractivity contribution in [3.8, 4) is 0 Å². The fourth-order valence-corrected chi connectivity index (χ4v) is 2.15. The number of nitro groups is 1. The van der Waals surface area contributed by atoms with Crippen LogP contribution >= 0.6 is 0 Å². The minimum Gasteiger partial charge on any atom is -0.327 e. The summed E-state index contributed by atoms with van der Waals surface area (Å²) >= 11 is 0. The highest BCUT2D eigenvalue weighted by Crippen LogP contribution is 2.57. The molecule has 4 heteroatoms. The second-order valence-electron chi connectivity index (χ2n) is 4.68. The fraction of sp³-hybridized carbons (Fsp3) is 0.455. The van der Waals surface area contributed by atoms with Crippen LogP contribution in [0.25, 0.3) is 0 Å². The molecule has 0 aromatic heterocycles. The average Bonchev–Trinajstić information content (AvgIpc) is 2.66. The van der Waals surface area contributed by atoms with Crippen LogP contribution in [0.3, 0.4) is 0 Å². The molecule has 1 fully saturated rings. The molecule has 0 aliphatic heterocycles. The van der Waals surface area contributed by atoms with Crippen LogP contribution in [0.2, 0.25) is 0 Å². The molecule has 0 radical (unpaired) electrons. The minimum absolute atomic E-state index is 0.0647. The molecular formula is C11H14N2O2. The molecule has 0 amide bonds.